The minimum absolute atomic E-state index is 0.0909. The average Bonchev–Trinajstić information content (AvgIpc) is 2.27. The molecule has 7 heteroatoms. The van der Waals surface area contributed by atoms with E-state index >= 15 is 0 Å². The van der Waals surface area contributed by atoms with Gasteiger partial charge in [-0.25, -0.2) is 0 Å². The molecule has 1 N–H and O–H groups in total. The van der Waals surface area contributed by atoms with Gasteiger partial charge in [0, 0.05) is 30.2 Å². The second kappa shape index (κ2) is 6.32. The van der Waals surface area contributed by atoms with Crippen molar-refractivity contribution in [3.63, 3.8) is 0 Å². The van der Waals surface area contributed by atoms with Crippen LogP contribution in [0.15, 0.2) is 18.2 Å². The molecule has 0 fully saturated rings. The lowest BCUT2D eigenvalue weighted by atomic mass is 10.0. The standard InChI is InChI=1S/C11H12ClNO5/c1-18-9(6-11(14)15)5-7-4-8(12)2-3-10(7)13(16)17/h2-4,9H,5-6H2,1H3,(H,14,15). The summed E-state index contributed by atoms with van der Waals surface area (Å²) in [4.78, 5) is 20.9. The summed E-state index contributed by atoms with van der Waals surface area (Å²) in [7, 11) is 1.37. The monoisotopic (exact) mass is 273 g/mol. The van der Waals surface area contributed by atoms with Gasteiger partial charge in [0.15, 0.2) is 0 Å². The first-order valence-electron chi connectivity index (χ1n) is 5.11. The van der Waals surface area contributed by atoms with Crippen molar-refractivity contribution in [3.8, 4) is 0 Å². The number of benzene rings is 1. The maximum Gasteiger partial charge on any atom is 0.305 e. The van der Waals surface area contributed by atoms with Gasteiger partial charge in [0.2, 0.25) is 0 Å². The van der Waals surface area contributed by atoms with Gasteiger partial charge in [-0.1, -0.05) is 11.6 Å². The molecule has 1 aromatic carbocycles. The van der Waals surface area contributed by atoms with Crippen molar-refractivity contribution < 1.29 is 19.6 Å². The number of rotatable bonds is 6. The first-order chi connectivity index (χ1) is 8.43. The Morgan fingerprint density at radius 1 is 1.61 bits per heavy atom. The van der Waals surface area contributed by atoms with E-state index in [4.69, 9.17) is 21.4 Å². The molecule has 0 aromatic heterocycles. The molecular weight excluding hydrogens is 262 g/mol. The molecule has 0 spiro atoms. The van der Waals surface area contributed by atoms with Gasteiger partial charge < -0.3 is 9.84 Å². The highest BCUT2D eigenvalue weighted by Crippen LogP contribution is 2.25. The van der Waals surface area contributed by atoms with Gasteiger partial charge in [0.05, 0.1) is 17.4 Å². The van der Waals surface area contributed by atoms with Crippen LogP contribution in [0, 0.1) is 10.1 Å². The second-order valence-electron chi connectivity index (χ2n) is 3.69. The number of halogens is 1. The van der Waals surface area contributed by atoms with E-state index in [1.165, 1.54) is 25.3 Å². The third-order valence-electron chi connectivity index (χ3n) is 2.42. The van der Waals surface area contributed by atoms with E-state index in [1.807, 2.05) is 0 Å². The van der Waals surface area contributed by atoms with Gasteiger partial charge in [-0.15, -0.1) is 0 Å². The zero-order valence-electron chi connectivity index (χ0n) is 9.63. The Balaban J connectivity index is 2.96. The van der Waals surface area contributed by atoms with Crippen LogP contribution in [0.4, 0.5) is 5.69 Å². The number of nitro benzene ring substituents is 1. The molecule has 98 valence electrons. The maximum atomic E-state index is 10.8. The third kappa shape index (κ3) is 3.97. The van der Waals surface area contributed by atoms with E-state index < -0.39 is 17.0 Å². The van der Waals surface area contributed by atoms with Crippen LogP contribution in [-0.4, -0.2) is 29.2 Å². The van der Waals surface area contributed by atoms with E-state index in [1.54, 1.807) is 0 Å². The molecule has 0 saturated heterocycles. The van der Waals surface area contributed by atoms with Crippen LogP contribution in [0.1, 0.15) is 12.0 Å². The molecule has 0 aliphatic heterocycles. The minimum Gasteiger partial charge on any atom is -0.481 e. The number of methoxy groups -OCH3 is 1. The highest BCUT2D eigenvalue weighted by molar-refractivity contribution is 6.30. The quantitative estimate of drug-likeness (QED) is 0.634. The third-order valence-corrected chi connectivity index (χ3v) is 2.66. The van der Waals surface area contributed by atoms with Crippen LogP contribution >= 0.6 is 11.6 Å². The predicted molar refractivity (Wildman–Crippen MR) is 64.9 cm³/mol. The Morgan fingerprint density at radius 2 is 2.28 bits per heavy atom. The van der Waals surface area contributed by atoms with Crippen LogP contribution in [-0.2, 0) is 16.0 Å². The Labute approximate surface area is 108 Å². The van der Waals surface area contributed by atoms with Gasteiger partial charge in [0.1, 0.15) is 0 Å². The summed E-state index contributed by atoms with van der Waals surface area (Å²) >= 11 is 5.77. The summed E-state index contributed by atoms with van der Waals surface area (Å²) in [6.07, 6.45) is -0.723. The van der Waals surface area contributed by atoms with Gasteiger partial charge in [-0.05, 0) is 12.1 Å². The average molecular weight is 274 g/mol. The van der Waals surface area contributed by atoms with E-state index in [2.05, 4.69) is 0 Å². The number of nitro groups is 1. The zero-order chi connectivity index (χ0) is 13.7. The van der Waals surface area contributed by atoms with Crippen molar-refractivity contribution in [1.29, 1.82) is 0 Å². The van der Waals surface area contributed by atoms with Crippen molar-refractivity contribution in [1.82, 2.24) is 0 Å². The molecule has 6 nitrogen and oxygen atoms in total. The fraction of sp³-hybridized carbons (Fsp3) is 0.364. The molecule has 1 unspecified atom stereocenters. The highest BCUT2D eigenvalue weighted by Gasteiger charge is 2.20. The van der Waals surface area contributed by atoms with Crippen LogP contribution in [0.25, 0.3) is 0 Å². The van der Waals surface area contributed by atoms with Gasteiger partial charge in [-0.2, -0.15) is 0 Å². The normalized spacial score (nSPS) is 12.1. The number of nitrogens with zero attached hydrogens (tertiary/aromatic N) is 1. The number of hydrogen-bond donors (Lipinski definition) is 1. The van der Waals surface area contributed by atoms with Crippen LogP contribution in [0.2, 0.25) is 5.02 Å². The Hall–Kier alpha value is -1.66. The first-order valence-corrected chi connectivity index (χ1v) is 5.49. The molecular formula is C11H12ClNO5. The summed E-state index contributed by atoms with van der Waals surface area (Å²) < 4.78 is 4.99. The van der Waals surface area contributed by atoms with E-state index in [0.29, 0.717) is 10.6 Å². The molecule has 0 aliphatic rings. The Kier molecular flexibility index (Phi) is 5.06. The van der Waals surface area contributed by atoms with Gasteiger partial charge in [-0.3, -0.25) is 14.9 Å². The number of carbonyl (C=O) groups is 1. The molecule has 0 amide bonds. The number of aliphatic carboxylic acids is 1. The van der Waals surface area contributed by atoms with Crippen LogP contribution in [0.5, 0.6) is 0 Å². The summed E-state index contributed by atoms with van der Waals surface area (Å²) in [5.74, 6) is -1.02. The number of hydrogen-bond acceptors (Lipinski definition) is 4. The topological polar surface area (TPSA) is 89.7 Å². The van der Waals surface area contributed by atoms with Crippen LogP contribution in [0.3, 0.4) is 0 Å². The molecule has 0 saturated carbocycles. The van der Waals surface area contributed by atoms with E-state index in [-0.39, 0.29) is 18.5 Å². The van der Waals surface area contributed by atoms with E-state index in [0.717, 1.165) is 0 Å². The van der Waals surface area contributed by atoms with Crippen molar-refractivity contribution in [3.05, 3.63) is 38.9 Å². The van der Waals surface area contributed by atoms with E-state index in [9.17, 15) is 14.9 Å². The van der Waals surface area contributed by atoms with Gasteiger partial charge >= 0.3 is 5.97 Å². The van der Waals surface area contributed by atoms with Crippen LogP contribution < -0.4 is 0 Å². The van der Waals surface area contributed by atoms with Crippen molar-refractivity contribution >= 4 is 23.3 Å². The largest absolute Gasteiger partial charge is 0.481 e. The summed E-state index contributed by atoms with van der Waals surface area (Å²) in [6.45, 7) is 0. The molecule has 18 heavy (non-hydrogen) atoms. The molecule has 0 radical (unpaired) electrons. The highest BCUT2D eigenvalue weighted by atomic mass is 35.5. The Morgan fingerprint density at radius 3 is 2.78 bits per heavy atom. The summed E-state index contributed by atoms with van der Waals surface area (Å²) in [5.41, 5.74) is 0.271. The van der Waals surface area contributed by atoms with Gasteiger partial charge in [0.25, 0.3) is 5.69 Å². The summed E-state index contributed by atoms with van der Waals surface area (Å²) in [6, 6.07) is 4.17. The number of carboxylic acids is 1. The second-order valence-corrected chi connectivity index (χ2v) is 4.13. The zero-order valence-corrected chi connectivity index (χ0v) is 10.4. The summed E-state index contributed by atoms with van der Waals surface area (Å²) in [5, 5.41) is 19.9. The lowest BCUT2D eigenvalue weighted by Gasteiger charge is -2.13. The minimum atomic E-state index is -1.02. The predicted octanol–water partition coefficient (Wildman–Crippen LogP) is 2.28. The Bertz CT molecular complexity index is 463. The smallest absolute Gasteiger partial charge is 0.305 e. The SMILES string of the molecule is COC(CC(=O)O)Cc1cc(Cl)ccc1[N+](=O)[O-]. The van der Waals surface area contributed by atoms with Crippen molar-refractivity contribution in [2.75, 3.05) is 7.11 Å². The molecule has 1 rings (SSSR count). The molecule has 0 aliphatic carbocycles. The van der Waals surface area contributed by atoms with Crippen molar-refractivity contribution in [2.24, 2.45) is 0 Å². The molecule has 1 atom stereocenters. The van der Waals surface area contributed by atoms with Crippen molar-refractivity contribution in [2.45, 2.75) is 18.9 Å². The number of ether oxygens (including phenoxy) is 1. The first kappa shape index (κ1) is 14.4. The number of carboxylic acid groups (broad SMARTS) is 1. The maximum absolute atomic E-state index is 10.8. The fourth-order valence-electron chi connectivity index (χ4n) is 1.57. The molecule has 1 aromatic rings. The lowest BCUT2D eigenvalue weighted by Crippen LogP contribution is -2.19. The molecule has 0 bridgehead atoms. The lowest BCUT2D eigenvalue weighted by molar-refractivity contribution is -0.385. The molecule has 0 heterocycles. The fourth-order valence-corrected chi connectivity index (χ4v) is 1.77.